The average Bonchev–Trinajstić information content (AvgIpc) is 3.43. The fraction of sp³-hybridized carbons (Fsp3) is 0.458. The molecular formula is C24H29N3O3S. The molecule has 2 aliphatic rings. The summed E-state index contributed by atoms with van der Waals surface area (Å²) in [6.07, 6.45) is 3.21. The van der Waals surface area contributed by atoms with Crippen LogP contribution in [0.15, 0.2) is 41.8 Å². The first kappa shape index (κ1) is 21.6. The van der Waals surface area contributed by atoms with Gasteiger partial charge in [0.15, 0.2) is 0 Å². The molecule has 1 aromatic carbocycles. The summed E-state index contributed by atoms with van der Waals surface area (Å²) in [5.74, 6) is -0.0516. The molecule has 6 nitrogen and oxygen atoms in total. The van der Waals surface area contributed by atoms with Crippen molar-refractivity contribution in [1.29, 1.82) is 0 Å². The average molecular weight is 440 g/mol. The summed E-state index contributed by atoms with van der Waals surface area (Å²) in [5, 5.41) is 5.06. The SMILES string of the molecule is Cc1ccc(N2C(=O)CCC(C(=O)NCCCN3CCCC3=O)C2c2cccs2)cc1. The molecule has 0 saturated carbocycles. The Bertz CT molecular complexity index is 926. The van der Waals surface area contributed by atoms with Crippen LogP contribution in [0.3, 0.4) is 0 Å². The molecule has 0 spiro atoms. The summed E-state index contributed by atoms with van der Waals surface area (Å²) >= 11 is 1.58. The zero-order chi connectivity index (χ0) is 21.8. The van der Waals surface area contributed by atoms with Crippen molar-refractivity contribution in [3.8, 4) is 0 Å². The molecule has 31 heavy (non-hydrogen) atoms. The van der Waals surface area contributed by atoms with Crippen LogP contribution in [-0.2, 0) is 14.4 Å². The second kappa shape index (κ2) is 9.64. The van der Waals surface area contributed by atoms with Crippen molar-refractivity contribution in [1.82, 2.24) is 10.2 Å². The Balaban J connectivity index is 1.47. The summed E-state index contributed by atoms with van der Waals surface area (Å²) in [6.45, 7) is 4.06. The van der Waals surface area contributed by atoms with Gasteiger partial charge < -0.3 is 15.1 Å². The van der Waals surface area contributed by atoms with Crippen LogP contribution < -0.4 is 10.2 Å². The molecule has 2 unspecified atom stereocenters. The number of benzene rings is 1. The lowest BCUT2D eigenvalue weighted by atomic mass is 9.86. The lowest BCUT2D eigenvalue weighted by Gasteiger charge is -2.40. The number of piperidine rings is 1. The molecule has 0 bridgehead atoms. The number of hydrogen-bond acceptors (Lipinski definition) is 4. The molecule has 7 heteroatoms. The van der Waals surface area contributed by atoms with Gasteiger partial charge in [-0.1, -0.05) is 23.8 Å². The number of nitrogens with zero attached hydrogens (tertiary/aromatic N) is 2. The van der Waals surface area contributed by atoms with Crippen molar-refractivity contribution < 1.29 is 14.4 Å². The quantitative estimate of drug-likeness (QED) is 0.669. The number of anilines is 1. The second-order valence-corrected chi connectivity index (χ2v) is 9.31. The maximum atomic E-state index is 13.2. The van der Waals surface area contributed by atoms with Gasteiger partial charge in [0, 0.05) is 43.0 Å². The molecule has 0 aliphatic carbocycles. The Labute approximate surface area is 187 Å². The van der Waals surface area contributed by atoms with Crippen molar-refractivity contribution in [3.63, 3.8) is 0 Å². The highest BCUT2D eigenvalue weighted by Gasteiger charge is 2.41. The first-order valence-corrected chi connectivity index (χ1v) is 11.9. The minimum Gasteiger partial charge on any atom is -0.356 e. The number of nitrogens with one attached hydrogen (secondary N) is 1. The normalized spacial score (nSPS) is 21.6. The number of carbonyl (C=O) groups excluding carboxylic acids is 3. The molecule has 2 saturated heterocycles. The van der Waals surface area contributed by atoms with Gasteiger partial charge in [-0.05, 0) is 49.8 Å². The molecule has 2 fully saturated rings. The van der Waals surface area contributed by atoms with Crippen LogP contribution in [0.1, 0.15) is 48.6 Å². The number of carbonyl (C=O) groups is 3. The topological polar surface area (TPSA) is 69.7 Å². The number of rotatable bonds is 7. The van der Waals surface area contributed by atoms with Gasteiger partial charge in [0.25, 0.3) is 0 Å². The summed E-state index contributed by atoms with van der Waals surface area (Å²) in [6, 6.07) is 11.6. The van der Waals surface area contributed by atoms with E-state index in [1.54, 1.807) is 11.3 Å². The molecule has 4 rings (SSSR count). The van der Waals surface area contributed by atoms with Crippen molar-refractivity contribution >= 4 is 34.7 Å². The van der Waals surface area contributed by atoms with Gasteiger partial charge in [0.1, 0.15) is 0 Å². The maximum Gasteiger partial charge on any atom is 0.227 e. The highest BCUT2D eigenvalue weighted by atomic mass is 32.1. The fourth-order valence-corrected chi connectivity index (χ4v) is 5.40. The van der Waals surface area contributed by atoms with Gasteiger partial charge in [0.05, 0.1) is 12.0 Å². The Hall–Kier alpha value is -2.67. The van der Waals surface area contributed by atoms with E-state index in [0.717, 1.165) is 35.5 Å². The molecule has 0 radical (unpaired) electrons. The Morgan fingerprint density at radius 2 is 1.94 bits per heavy atom. The number of amides is 3. The van der Waals surface area contributed by atoms with Crippen molar-refractivity contribution in [3.05, 3.63) is 52.2 Å². The summed E-state index contributed by atoms with van der Waals surface area (Å²) < 4.78 is 0. The molecule has 2 atom stereocenters. The molecule has 3 amide bonds. The Morgan fingerprint density at radius 3 is 2.61 bits per heavy atom. The monoisotopic (exact) mass is 439 g/mol. The highest BCUT2D eigenvalue weighted by molar-refractivity contribution is 7.10. The number of aryl methyl sites for hydroxylation is 1. The van der Waals surface area contributed by atoms with Gasteiger partial charge in [-0.15, -0.1) is 11.3 Å². The maximum absolute atomic E-state index is 13.2. The van der Waals surface area contributed by atoms with Crippen LogP contribution in [0.4, 0.5) is 5.69 Å². The van der Waals surface area contributed by atoms with Crippen molar-refractivity contribution in [2.45, 2.75) is 45.1 Å². The van der Waals surface area contributed by atoms with E-state index in [4.69, 9.17) is 0 Å². The number of hydrogen-bond donors (Lipinski definition) is 1. The number of likely N-dealkylation sites (tertiary alicyclic amines) is 1. The Kier molecular flexibility index (Phi) is 6.70. The van der Waals surface area contributed by atoms with Crippen LogP contribution in [0, 0.1) is 12.8 Å². The van der Waals surface area contributed by atoms with Gasteiger partial charge in [-0.25, -0.2) is 0 Å². The lowest BCUT2D eigenvalue weighted by molar-refractivity contribution is -0.129. The largest absolute Gasteiger partial charge is 0.356 e. The van der Waals surface area contributed by atoms with Crippen LogP contribution in [-0.4, -0.2) is 42.3 Å². The predicted molar refractivity (Wildman–Crippen MR) is 122 cm³/mol. The molecular weight excluding hydrogens is 410 g/mol. The van der Waals surface area contributed by atoms with Gasteiger partial charge in [-0.2, -0.15) is 0 Å². The summed E-state index contributed by atoms with van der Waals surface area (Å²) in [7, 11) is 0. The van der Waals surface area contributed by atoms with Crippen LogP contribution in [0.25, 0.3) is 0 Å². The Morgan fingerprint density at radius 1 is 1.13 bits per heavy atom. The molecule has 2 aromatic rings. The van der Waals surface area contributed by atoms with E-state index in [9.17, 15) is 14.4 Å². The van der Waals surface area contributed by atoms with Gasteiger partial charge >= 0.3 is 0 Å². The predicted octanol–water partition coefficient (Wildman–Crippen LogP) is 3.67. The zero-order valence-corrected chi connectivity index (χ0v) is 18.7. The van der Waals surface area contributed by atoms with E-state index >= 15 is 0 Å². The summed E-state index contributed by atoms with van der Waals surface area (Å²) in [4.78, 5) is 42.6. The van der Waals surface area contributed by atoms with Crippen molar-refractivity contribution in [2.24, 2.45) is 5.92 Å². The standard InChI is InChI=1S/C24H29N3O3S/c1-17-7-9-18(10-8-17)27-22(29)12-11-19(23(27)20-5-3-16-31-20)24(30)25-13-4-15-26-14-2-6-21(26)28/h3,5,7-10,16,19,23H,2,4,6,11-15H2,1H3,(H,25,30). The third kappa shape index (κ3) is 4.82. The van der Waals surface area contributed by atoms with E-state index in [-0.39, 0.29) is 29.7 Å². The molecule has 3 heterocycles. The minimum absolute atomic E-state index is 0.0178. The van der Waals surface area contributed by atoms with E-state index in [1.807, 2.05) is 58.5 Å². The van der Waals surface area contributed by atoms with Crippen LogP contribution >= 0.6 is 11.3 Å². The zero-order valence-electron chi connectivity index (χ0n) is 17.9. The van der Waals surface area contributed by atoms with E-state index in [1.165, 1.54) is 0 Å². The van der Waals surface area contributed by atoms with E-state index < -0.39 is 0 Å². The minimum atomic E-state index is -0.302. The first-order chi connectivity index (χ1) is 15.0. The first-order valence-electron chi connectivity index (χ1n) is 11.0. The third-order valence-corrected chi connectivity index (χ3v) is 7.10. The molecule has 1 aromatic heterocycles. The fourth-order valence-electron chi connectivity index (χ4n) is 4.51. The van der Waals surface area contributed by atoms with Crippen LogP contribution in [0.5, 0.6) is 0 Å². The van der Waals surface area contributed by atoms with Gasteiger partial charge in [-0.3, -0.25) is 14.4 Å². The van der Waals surface area contributed by atoms with Gasteiger partial charge in [0.2, 0.25) is 17.7 Å². The van der Waals surface area contributed by atoms with Crippen LogP contribution in [0.2, 0.25) is 0 Å². The van der Waals surface area contributed by atoms with E-state index in [0.29, 0.717) is 32.4 Å². The second-order valence-electron chi connectivity index (χ2n) is 8.33. The molecule has 164 valence electrons. The molecule has 1 N–H and O–H groups in total. The highest BCUT2D eigenvalue weighted by Crippen LogP contribution is 2.41. The lowest BCUT2D eigenvalue weighted by Crippen LogP contribution is -2.48. The van der Waals surface area contributed by atoms with E-state index in [2.05, 4.69) is 5.32 Å². The summed E-state index contributed by atoms with van der Waals surface area (Å²) in [5.41, 5.74) is 1.96. The molecule has 2 aliphatic heterocycles. The third-order valence-electron chi connectivity index (χ3n) is 6.16. The smallest absolute Gasteiger partial charge is 0.227 e. The van der Waals surface area contributed by atoms with Crippen molar-refractivity contribution in [2.75, 3.05) is 24.5 Å². The number of thiophene rings is 1.